The molecule has 5 rings (SSSR count). The second-order valence-electron chi connectivity index (χ2n) is 9.25. The van der Waals surface area contributed by atoms with E-state index in [4.69, 9.17) is 25.1 Å². The van der Waals surface area contributed by atoms with Gasteiger partial charge in [-0.3, -0.25) is 15.6 Å². The number of carbonyl (C=O) groups is 2. The molecule has 2 heterocycles. The zero-order valence-electron chi connectivity index (χ0n) is 23.0. The van der Waals surface area contributed by atoms with Crippen LogP contribution in [0.4, 0.5) is 23.2 Å². The minimum Gasteiger partial charge on any atom is -0.487 e. The number of anilines is 1. The van der Waals surface area contributed by atoms with Gasteiger partial charge < -0.3 is 25.6 Å². The standard InChI is InChI=1S/C27H28FN5O3.C2HF3O2/c1-16(2)36-23-13-8-20-14-24(23)35-15-30-26(29)19-6-11-22(12-7-19)31-25(20)27(34)33-32-17(3)18-4-9-21(28)10-5-18;3-2(4,5)1(6)7/h4-14,16,25,31-32H,3,15H2,1-2H3,(H2,29,30)(H,33,34);(H,6,7). The summed E-state index contributed by atoms with van der Waals surface area (Å²) in [5.41, 5.74) is 14.7. The number of amides is 1. The van der Waals surface area contributed by atoms with E-state index in [2.05, 4.69) is 27.7 Å². The quantitative estimate of drug-likeness (QED) is 0.201. The number of aliphatic imine (C=N–C) groups is 1. The number of hydrogen-bond donors (Lipinski definition) is 5. The first-order chi connectivity index (χ1) is 20.2. The number of hydrogen-bond acceptors (Lipinski definition) is 8. The van der Waals surface area contributed by atoms with Crippen LogP contribution in [0.25, 0.3) is 5.70 Å². The molecule has 2 aliphatic rings. The fraction of sp³-hybridized carbons (Fsp3) is 0.207. The van der Waals surface area contributed by atoms with Gasteiger partial charge in [-0.05, 0) is 85.6 Å². The Kier molecular flexibility index (Phi) is 10.6. The Morgan fingerprint density at radius 3 is 2.30 bits per heavy atom. The molecule has 1 amide bonds. The van der Waals surface area contributed by atoms with E-state index >= 15 is 0 Å². The van der Waals surface area contributed by atoms with Crippen LogP contribution in [-0.4, -0.2) is 41.8 Å². The lowest BCUT2D eigenvalue weighted by atomic mass is 10.0. The molecule has 228 valence electrons. The molecule has 14 heteroatoms. The monoisotopic (exact) mass is 603 g/mol. The molecule has 4 bridgehead atoms. The van der Waals surface area contributed by atoms with Gasteiger partial charge in [0, 0.05) is 11.3 Å². The Morgan fingerprint density at radius 2 is 1.72 bits per heavy atom. The number of benzene rings is 3. The molecule has 10 nitrogen and oxygen atoms in total. The average Bonchev–Trinajstić information content (AvgIpc) is 2.96. The Morgan fingerprint density at radius 1 is 1.09 bits per heavy atom. The van der Waals surface area contributed by atoms with Gasteiger partial charge in [0.15, 0.2) is 18.2 Å². The van der Waals surface area contributed by atoms with Gasteiger partial charge in [0.05, 0.1) is 11.8 Å². The molecule has 6 N–H and O–H groups in total. The highest BCUT2D eigenvalue weighted by atomic mass is 19.4. The number of amidine groups is 1. The number of alkyl halides is 3. The summed E-state index contributed by atoms with van der Waals surface area (Å²) in [7, 11) is 0. The zero-order chi connectivity index (χ0) is 31.7. The van der Waals surface area contributed by atoms with Crippen LogP contribution in [-0.2, 0) is 9.59 Å². The van der Waals surface area contributed by atoms with Crippen molar-refractivity contribution in [1.29, 1.82) is 0 Å². The number of aliphatic carboxylic acids is 1. The number of nitrogens with one attached hydrogen (secondary N) is 3. The summed E-state index contributed by atoms with van der Waals surface area (Å²) < 4.78 is 56.7. The maximum Gasteiger partial charge on any atom is 0.490 e. The smallest absolute Gasteiger partial charge is 0.487 e. The molecule has 0 saturated heterocycles. The predicted octanol–water partition coefficient (Wildman–Crippen LogP) is 4.75. The number of carbonyl (C=O) groups excluding carboxylic acids is 1. The first kappa shape index (κ1) is 32.2. The Bertz CT molecular complexity index is 1480. The first-order valence-electron chi connectivity index (χ1n) is 12.7. The van der Waals surface area contributed by atoms with E-state index in [1.807, 2.05) is 38.1 Å². The van der Waals surface area contributed by atoms with Crippen molar-refractivity contribution in [3.8, 4) is 11.5 Å². The number of fused-ring (bicyclic) bond motifs is 5. The van der Waals surface area contributed by atoms with Crippen molar-refractivity contribution in [2.24, 2.45) is 10.7 Å². The second-order valence-corrected chi connectivity index (χ2v) is 9.25. The largest absolute Gasteiger partial charge is 0.490 e. The van der Waals surface area contributed by atoms with Gasteiger partial charge in [-0.15, -0.1) is 0 Å². The Balaban J connectivity index is 0.000000646. The number of halogens is 4. The molecule has 3 aromatic carbocycles. The Hall–Kier alpha value is -5.27. The van der Waals surface area contributed by atoms with Gasteiger partial charge in [-0.25, -0.2) is 14.2 Å². The van der Waals surface area contributed by atoms with E-state index in [9.17, 15) is 22.4 Å². The van der Waals surface area contributed by atoms with E-state index in [1.165, 1.54) is 12.1 Å². The van der Waals surface area contributed by atoms with Crippen LogP contribution >= 0.6 is 0 Å². The van der Waals surface area contributed by atoms with Crippen molar-refractivity contribution in [1.82, 2.24) is 10.9 Å². The fourth-order valence-corrected chi connectivity index (χ4v) is 3.57. The molecule has 0 fully saturated rings. The minimum atomic E-state index is -5.08. The van der Waals surface area contributed by atoms with Gasteiger partial charge in [0.2, 0.25) is 0 Å². The minimum absolute atomic E-state index is 0.0190. The summed E-state index contributed by atoms with van der Waals surface area (Å²) >= 11 is 0. The first-order valence-corrected chi connectivity index (χ1v) is 12.7. The summed E-state index contributed by atoms with van der Waals surface area (Å²) in [6.07, 6.45) is -5.16. The number of nitrogens with two attached hydrogens (primary N) is 1. The van der Waals surface area contributed by atoms with E-state index < -0.39 is 18.2 Å². The number of carboxylic acid groups (broad SMARTS) is 1. The fourth-order valence-electron chi connectivity index (χ4n) is 3.57. The van der Waals surface area contributed by atoms with Crippen molar-refractivity contribution >= 4 is 29.1 Å². The van der Waals surface area contributed by atoms with Gasteiger partial charge in [-0.1, -0.05) is 12.6 Å². The van der Waals surface area contributed by atoms with Crippen molar-refractivity contribution < 1.29 is 41.7 Å². The number of ether oxygens (including phenoxy) is 2. The number of rotatable bonds is 6. The third-order valence-electron chi connectivity index (χ3n) is 5.64. The molecule has 43 heavy (non-hydrogen) atoms. The molecular formula is C29H29F4N5O5. The highest BCUT2D eigenvalue weighted by Crippen LogP contribution is 2.33. The molecule has 0 spiro atoms. The van der Waals surface area contributed by atoms with Crippen LogP contribution in [0.5, 0.6) is 11.5 Å². The van der Waals surface area contributed by atoms with E-state index in [0.717, 1.165) is 5.56 Å². The van der Waals surface area contributed by atoms with Crippen molar-refractivity contribution in [2.45, 2.75) is 32.2 Å². The number of hydrazine groups is 1. The normalized spacial score (nSPS) is 15.4. The molecule has 2 aliphatic heterocycles. The molecule has 0 radical (unpaired) electrons. The molecule has 0 aliphatic carbocycles. The summed E-state index contributed by atoms with van der Waals surface area (Å²) in [6.45, 7) is 7.72. The third kappa shape index (κ3) is 9.38. The predicted molar refractivity (Wildman–Crippen MR) is 152 cm³/mol. The van der Waals surface area contributed by atoms with Gasteiger partial charge in [-0.2, -0.15) is 13.2 Å². The molecular weight excluding hydrogens is 574 g/mol. The second kappa shape index (κ2) is 14.1. The third-order valence-corrected chi connectivity index (χ3v) is 5.64. The van der Waals surface area contributed by atoms with Crippen molar-refractivity contribution in [3.63, 3.8) is 0 Å². The van der Waals surface area contributed by atoms with E-state index in [1.54, 1.807) is 30.3 Å². The summed E-state index contributed by atoms with van der Waals surface area (Å²) in [5.74, 6) is -2.20. The summed E-state index contributed by atoms with van der Waals surface area (Å²) in [5, 5.41) is 10.4. The van der Waals surface area contributed by atoms with Gasteiger partial charge in [0.25, 0.3) is 5.91 Å². The Labute approximate surface area is 244 Å². The average molecular weight is 604 g/mol. The molecule has 1 unspecified atom stereocenters. The molecule has 0 aromatic heterocycles. The van der Waals surface area contributed by atoms with E-state index in [-0.39, 0.29) is 24.6 Å². The lowest BCUT2D eigenvalue weighted by molar-refractivity contribution is -0.192. The van der Waals surface area contributed by atoms with Crippen molar-refractivity contribution in [2.75, 3.05) is 12.0 Å². The van der Waals surface area contributed by atoms with Crippen LogP contribution in [0.15, 0.2) is 78.3 Å². The summed E-state index contributed by atoms with van der Waals surface area (Å²) in [6, 6.07) is 17.5. The number of carboxylic acids is 1. The highest BCUT2D eigenvalue weighted by molar-refractivity contribution is 5.97. The summed E-state index contributed by atoms with van der Waals surface area (Å²) in [4.78, 5) is 26.5. The topological polar surface area (TPSA) is 147 Å². The van der Waals surface area contributed by atoms with Crippen LogP contribution in [0.3, 0.4) is 0 Å². The molecule has 0 saturated carbocycles. The highest BCUT2D eigenvalue weighted by Gasteiger charge is 2.38. The maximum absolute atomic E-state index is 13.3. The lowest BCUT2D eigenvalue weighted by Crippen LogP contribution is -2.41. The lowest BCUT2D eigenvalue weighted by Gasteiger charge is -2.22. The van der Waals surface area contributed by atoms with Crippen LogP contribution in [0.2, 0.25) is 0 Å². The van der Waals surface area contributed by atoms with Crippen LogP contribution in [0.1, 0.15) is 36.6 Å². The molecule has 1 atom stereocenters. The van der Waals surface area contributed by atoms with E-state index in [0.29, 0.717) is 39.8 Å². The SMILES string of the molecule is C=C(NNC(=O)C1Nc2ccc(cc2)/C(N)=N\COc2cc1ccc2OC(C)C)c1ccc(F)cc1.O=C(O)C(F)(F)F. The van der Waals surface area contributed by atoms with Crippen LogP contribution < -0.4 is 31.4 Å². The van der Waals surface area contributed by atoms with Crippen molar-refractivity contribution in [3.05, 3.63) is 95.8 Å². The number of nitrogens with zero attached hydrogens (tertiary/aromatic N) is 1. The maximum atomic E-state index is 13.3. The zero-order valence-corrected chi connectivity index (χ0v) is 23.0. The van der Waals surface area contributed by atoms with Gasteiger partial charge in [0.1, 0.15) is 17.7 Å². The molecule has 3 aromatic rings. The van der Waals surface area contributed by atoms with Crippen LogP contribution in [0, 0.1) is 5.82 Å². The van der Waals surface area contributed by atoms with Gasteiger partial charge >= 0.3 is 12.1 Å².